The number of pyridine rings is 1. The fraction of sp³-hybridized carbons (Fsp3) is 0.0238. The van der Waals surface area contributed by atoms with Crippen LogP contribution in [0, 0.1) is 0 Å². The molecule has 2 N–H and O–H groups in total. The average Bonchev–Trinajstić information content (AvgIpc) is 3.38. The summed E-state index contributed by atoms with van der Waals surface area (Å²) in [6, 6.07) is 43.5. The maximum atomic E-state index is 7.09. The monoisotopic (exact) mass is 576 g/mol. The Morgan fingerprint density at radius 1 is 0.644 bits per heavy atom. The van der Waals surface area contributed by atoms with Crippen LogP contribution in [0.4, 0.5) is 0 Å². The van der Waals surface area contributed by atoms with Crippen LogP contribution in [0.1, 0.15) is 27.8 Å². The van der Waals surface area contributed by atoms with E-state index in [4.69, 9.17) is 10.5 Å². The summed E-state index contributed by atoms with van der Waals surface area (Å²) in [6.07, 6.45) is 7.36. The number of nitrogens with zero attached hydrogens (tertiary/aromatic N) is 1. The quantitative estimate of drug-likeness (QED) is 0.213. The van der Waals surface area contributed by atoms with Crippen molar-refractivity contribution in [2.24, 2.45) is 5.73 Å². The van der Waals surface area contributed by atoms with Gasteiger partial charge in [0.2, 0.25) is 0 Å². The Labute approximate surface area is 261 Å². The van der Waals surface area contributed by atoms with Gasteiger partial charge in [0.05, 0.1) is 5.41 Å². The lowest BCUT2D eigenvalue weighted by Crippen LogP contribution is -2.32. The largest absolute Gasteiger partial charge is 0.455 e. The highest BCUT2D eigenvalue weighted by Gasteiger charge is 2.52. The summed E-state index contributed by atoms with van der Waals surface area (Å²) in [5.41, 5.74) is 16.8. The highest BCUT2D eigenvalue weighted by molar-refractivity contribution is 6.00. The van der Waals surface area contributed by atoms with Crippen LogP contribution in [0.2, 0.25) is 0 Å². The van der Waals surface area contributed by atoms with Gasteiger partial charge in [-0.25, -0.2) is 0 Å². The van der Waals surface area contributed by atoms with E-state index in [0.717, 1.165) is 60.9 Å². The minimum atomic E-state index is -0.662. The number of ether oxygens (including phenoxy) is 1. The van der Waals surface area contributed by atoms with Crippen molar-refractivity contribution in [2.75, 3.05) is 0 Å². The van der Waals surface area contributed by atoms with Crippen LogP contribution in [-0.4, -0.2) is 4.98 Å². The molecule has 0 saturated heterocycles. The summed E-state index contributed by atoms with van der Waals surface area (Å²) >= 11 is 0. The molecule has 1 aromatic heterocycles. The molecule has 212 valence electrons. The van der Waals surface area contributed by atoms with Gasteiger partial charge in [-0.15, -0.1) is 0 Å². The summed E-state index contributed by atoms with van der Waals surface area (Å²) in [5.74, 6) is 1.78. The van der Waals surface area contributed by atoms with Gasteiger partial charge >= 0.3 is 0 Å². The molecule has 2 heterocycles. The molecule has 1 aliphatic heterocycles. The highest BCUT2D eigenvalue weighted by Crippen LogP contribution is 2.64. The first-order valence-corrected chi connectivity index (χ1v) is 15.2. The first kappa shape index (κ1) is 25.6. The maximum Gasteiger partial charge on any atom is 0.140 e. The molecule has 0 amide bonds. The number of allylic oxidation sites excluding steroid dienone is 2. The molecule has 6 aromatic carbocycles. The molecular formula is C42H28N2O. The van der Waals surface area contributed by atoms with Gasteiger partial charge in [-0.05, 0) is 74.0 Å². The summed E-state index contributed by atoms with van der Waals surface area (Å²) < 4.78 is 7.09. The average molecular weight is 577 g/mol. The van der Waals surface area contributed by atoms with Gasteiger partial charge in [0, 0.05) is 40.0 Å². The minimum absolute atomic E-state index is 0.662. The van der Waals surface area contributed by atoms with E-state index < -0.39 is 5.41 Å². The minimum Gasteiger partial charge on any atom is -0.455 e. The van der Waals surface area contributed by atoms with E-state index in [1.165, 1.54) is 22.3 Å². The van der Waals surface area contributed by atoms with Crippen LogP contribution >= 0.6 is 0 Å². The zero-order valence-electron chi connectivity index (χ0n) is 24.5. The number of hydrogen-bond donors (Lipinski definition) is 1. The van der Waals surface area contributed by atoms with Gasteiger partial charge in [-0.1, -0.05) is 116 Å². The van der Waals surface area contributed by atoms with Gasteiger partial charge in [0.1, 0.15) is 11.5 Å². The zero-order chi connectivity index (χ0) is 30.1. The molecule has 3 nitrogen and oxygen atoms in total. The van der Waals surface area contributed by atoms with Crippen molar-refractivity contribution in [3.63, 3.8) is 0 Å². The first-order chi connectivity index (χ1) is 22.2. The number of aromatic nitrogens is 1. The van der Waals surface area contributed by atoms with E-state index >= 15 is 0 Å². The molecule has 0 bridgehead atoms. The molecule has 9 rings (SSSR count). The van der Waals surface area contributed by atoms with E-state index in [9.17, 15) is 0 Å². The predicted octanol–water partition coefficient (Wildman–Crippen LogP) is 10.0. The maximum absolute atomic E-state index is 7.09. The molecule has 0 saturated carbocycles. The van der Waals surface area contributed by atoms with E-state index in [0.29, 0.717) is 5.70 Å². The van der Waals surface area contributed by atoms with Gasteiger partial charge in [-0.3, -0.25) is 4.98 Å². The summed E-state index contributed by atoms with van der Waals surface area (Å²) in [4.78, 5) is 4.44. The van der Waals surface area contributed by atoms with Crippen molar-refractivity contribution in [3.05, 3.63) is 180 Å². The molecule has 7 aromatic rings. The number of hydrogen-bond acceptors (Lipinski definition) is 3. The van der Waals surface area contributed by atoms with Crippen molar-refractivity contribution < 1.29 is 4.74 Å². The summed E-state index contributed by atoms with van der Waals surface area (Å²) in [5, 5.41) is 4.47. The molecule has 0 atom stereocenters. The normalized spacial score (nSPS) is 14.0. The van der Waals surface area contributed by atoms with Crippen LogP contribution in [0.5, 0.6) is 11.5 Å². The Bertz CT molecular complexity index is 2300. The second kappa shape index (κ2) is 9.54. The second-order valence-electron chi connectivity index (χ2n) is 11.8. The Kier molecular flexibility index (Phi) is 5.42. The Morgan fingerprint density at radius 2 is 1.29 bits per heavy atom. The Morgan fingerprint density at radius 3 is 1.93 bits per heavy atom. The number of fused-ring (bicyclic) bond motifs is 13. The van der Waals surface area contributed by atoms with Crippen LogP contribution in [0.3, 0.4) is 0 Å². The van der Waals surface area contributed by atoms with E-state index in [1.807, 2.05) is 24.5 Å². The van der Waals surface area contributed by atoms with E-state index in [1.54, 1.807) is 6.08 Å². The fourth-order valence-electron chi connectivity index (χ4n) is 7.56. The first-order valence-electron chi connectivity index (χ1n) is 15.2. The third-order valence-corrected chi connectivity index (χ3v) is 9.53. The molecule has 45 heavy (non-hydrogen) atoms. The van der Waals surface area contributed by atoms with Crippen LogP contribution in [0.25, 0.3) is 49.5 Å². The van der Waals surface area contributed by atoms with Crippen LogP contribution < -0.4 is 10.5 Å². The van der Waals surface area contributed by atoms with Gasteiger partial charge in [0.25, 0.3) is 0 Å². The van der Waals surface area contributed by atoms with Gasteiger partial charge in [0.15, 0.2) is 0 Å². The summed E-state index contributed by atoms with van der Waals surface area (Å²) in [7, 11) is 0. The molecule has 1 aliphatic carbocycles. The van der Waals surface area contributed by atoms with Gasteiger partial charge in [-0.2, -0.15) is 0 Å². The lowest BCUT2D eigenvalue weighted by atomic mass is 9.65. The standard InChI is InChI=1S/C42H28N2O/c1-2-8-39(43)29-15-19-34-33-18-14-28(30-11-7-22-44-25-30)23-37(33)42(38(34)24-29)35-20-16-26-9-3-5-12-31(26)40(35)45-41-32-13-6-4-10-27(32)17-21-36(41)42/h2-25H,1,43H2/b39-8-. The van der Waals surface area contributed by atoms with Crippen LogP contribution in [0.15, 0.2) is 152 Å². The topological polar surface area (TPSA) is 48.1 Å². The lowest BCUT2D eigenvalue weighted by Gasteiger charge is -2.40. The molecule has 1 spiro atoms. The van der Waals surface area contributed by atoms with E-state index in [2.05, 4.69) is 127 Å². The number of rotatable bonds is 3. The molecule has 2 aliphatic rings. The van der Waals surface area contributed by atoms with Crippen molar-refractivity contribution in [2.45, 2.75) is 5.41 Å². The van der Waals surface area contributed by atoms with Crippen LogP contribution in [-0.2, 0) is 5.41 Å². The SMILES string of the molecule is C=C/C=C(\N)c1ccc2c(c1)C1(c3cc(-c4cccnc4)ccc3-2)c2ccc3ccccc3c2Oc2c1ccc1ccccc21. The fourth-order valence-corrected chi connectivity index (χ4v) is 7.56. The third-order valence-electron chi connectivity index (χ3n) is 9.53. The Hall–Kier alpha value is -5.93. The van der Waals surface area contributed by atoms with Crippen molar-refractivity contribution in [3.8, 4) is 33.8 Å². The molecular weight excluding hydrogens is 548 g/mol. The number of nitrogens with two attached hydrogens (primary N) is 1. The Balaban J connectivity index is 1.48. The molecule has 3 heteroatoms. The van der Waals surface area contributed by atoms with Crippen molar-refractivity contribution in [1.82, 2.24) is 4.98 Å². The highest BCUT2D eigenvalue weighted by atomic mass is 16.5. The lowest BCUT2D eigenvalue weighted by molar-refractivity contribution is 0.447. The van der Waals surface area contributed by atoms with E-state index in [-0.39, 0.29) is 0 Å². The second-order valence-corrected chi connectivity index (χ2v) is 11.8. The van der Waals surface area contributed by atoms with Crippen molar-refractivity contribution in [1.29, 1.82) is 0 Å². The predicted molar refractivity (Wildman–Crippen MR) is 184 cm³/mol. The molecule has 0 radical (unpaired) electrons. The number of benzene rings is 6. The van der Waals surface area contributed by atoms with Crippen molar-refractivity contribution >= 4 is 27.2 Å². The summed E-state index contributed by atoms with van der Waals surface area (Å²) in [6.45, 7) is 3.89. The van der Waals surface area contributed by atoms with Gasteiger partial charge < -0.3 is 10.5 Å². The third kappa shape index (κ3) is 3.49. The smallest absolute Gasteiger partial charge is 0.140 e. The molecule has 0 fully saturated rings. The zero-order valence-corrected chi connectivity index (χ0v) is 24.5. The molecule has 0 unspecified atom stereocenters.